The molecule has 3 aromatic rings. The van der Waals surface area contributed by atoms with Crippen LogP contribution in [0.25, 0.3) is 0 Å². The van der Waals surface area contributed by atoms with Crippen molar-refractivity contribution in [2.24, 2.45) is 0 Å². The Bertz CT molecular complexity index is 1310. The normalized spacial score (nSPS) is 19.0. The van der Waals surface area contributed by atoms with Gasteiger partial charge in [0.25, 0.3) is 11.8 Å². The molecule has 2 atom stereocenters. The number of anilines is 1. The topological polar surface area (TPSA) is 87.7 Å². The zero-order valence-electron chi connectivity index (χ0n) is 20.7. The van der Waals surface area contributed by atoms with Gasteiger partial charge in [0, 0.05) is 30.3 Å². The predicted molar refractivity (Wildman–Crippen MR) is 149 cm³/mol. The number of thioether (sulfide) groups is 1. The van der Waals surface area contributed by atoms with Crippen molar-refractivity contribution >= 4 is 46.8 Å². The Labute approximate surface area is 230 Å². The summed E-state index contributed by atoms with van der Waals surface area (Å²) in [5.41, 5.74) is 3.25. The molecule has 0 aromatic heterocycles. The Morgan fingerprint density at radius 1 is 1.00 bits per heavy atom. The highest BCUT2D eigenvalue weighted by Crippen LogP contribution is 2.39. The number of para-hydroxylation sites is 1. The van der Waals surface area contributed by atoms with Crippen molar-refractivity contribution in [3.05, 3.63) is 100 Å². The second kappa shape index (κ2) is 12.0. The molecule has 0 aliphatic carbocycles. The summed E-state index contributed by atoms with van der Waals surface area (Å²) in [5, 5.41) is 6.29. The monoisotopic (exact) mass is 549 g/mol. The van der Waals surface area contributed by atoms with Gasteiger partial charge in [-0.25, -0.2) is 0 Å². The van der Waals surface area contributed by atoms with Gasteiger partial charge in [0.15, 0.2) is 0 Å². The summed E-state index contributed by atoms with van der Waals surface area (Å²) in [6, 6.07) is 21.7. The van der Waals surface area contributed by atoms with Crippen LogP contribution in [0.4, 0.5) is 5.69 Å². The summed E-state index contributed by atoms with van der Waals surface area (Å²) in [5.74, 6) is -0.0858. The lowest BCUT2D eigenvalue weighted by atomic mass is 10.1. The van der Waals surface area contributed by atoms with Gasteiger partial charge in [0.1, 0.15) is 5.37 Å². The van der Waals surface area contributed by atoms with Crippen LogP contribution in [0.5, 0.6) is 0 Å². The number of carbonyl (C=O) groups is 3. The summed E-state index contributed by atoms with van der Waals surface area (Å²) in [7, 11) is 0. The fourth-order valence-electron chi connectivity index (χ4n) is 4.58. The molecular weight excluding hydrogens is 522 g/mol. The molecule has 0 radical (unpaired) electrons. The lowest BCUT2D eigenvalue weighted by Gasteiger charge is -2.24. The van der Waals surface area contributed by atoms with E-state index >= 15 is 0 Å². The predicted octanol–water partition coefficient (Wildman–Crippen LogP) is 5.28. The van der Waals surface area contributed by atoms with E-state index in [-0.39, 0.29) is 29.2 Å². The molecule has 196 valence electrons. The number of nitrogens with zero attached hydrogens (tertiary/aromatic N) is 1. The molecule has 7 nitrogen and oxygen atoms in total. The highest BCUT2D eigenvalue weighted by atomic mass is 35.5. The van der Waals surface area contributed by atoms with E-state index in [1.54, 1.807) is 48.2 Å². The third kappa shape index (κ3) is 6.20. The van der Waals surface area contributed by atoms with Crippen LogP contribution in [-0.2, 0) is 16.1 Å². The Kier molecular flexibility index (Phi) is 8.32. The highest BCUT2D eigenvalue weighted by molar-refractivity contribution is 8.00. The number of rotatable bonds is 8. The van der Waals surface area contributed by atoms with E-state index in [0.717, 1.165) is 30.6 Å². The Hall–Kier alpha value is -3.33. The molecule has 5 rings (SSSR count). The first-order chi connectivity index (χ1) is 18.5. The van der Waals surface area contributed by atoms with Crippen LogP contribution < -0.4 is 10.6 Å². The van der Waals surface area contributed by atoms with Crippen LogP contribution in [0.15, 0.2) is 72.8 Å². The molecule has 0 unspecified atom stereocenters. The standard InChI is InChI=1S/C29H28ClN3O4S/c30-22-13-7-19(8-14-22)17-33-26(34)18-38-29(33)21-11-9-20(10-12-21)27(35)32-25-6-2-1-5-24(25)28(36)31-16-23-4-3-15-37-23/h1-2,5-14,23,29H,3-4,15-18H2,(H,31,36)(H,32,35)/t23-,29+/m0/s1. The number of hydrogen-bond donors (Lipinski definition) is 2. The van der Waals surface area contributed by atoms with E-state index < -0.39 is 0 Å². The SMILES string of the molecule is O=C(Nc1ccccc1C(=O)NC[C@@H]1CCCO1)c1ccc([C@H]2SCC(=O)N2Cc2ccc(Cl)cc2)cc1. The smallest absolute Gasteiger partial charge is 0.255 e. The molecule has 3 aromatic carbocycles. The van der Waals surface area contributed by atoms with E-state index in [2.05, 4.69) is 10.6 Å². The quantitative estimate of drug-likeness (QED) is 0.399. The minimum Gasteiger partial charge on any atom is -0.376 e. The summed E-state index contributed by atoms with van der Waals surface area (Å²) >= 11 is 7.56. The fraction of sp³-hybridized carbons (Fsp3) is 0.276. The Morgan fingerprint density at radius 2 is 1.76 bits per heavy atom. The molecule has 0 spiro atoms. The van der Waals surface area contributed by atoms with Crippen molar-refractivity contribution in [1.82, 2.24) is 10.2 Å². The van der Waals surface area contributed by atoms with Gasteiger partial charge in [-0.2, -0.15) is 0 Å². The van der Waals surface area contributed by atoms with Gasteiger partial charge in [-0.1, -0.05) is 48.0 Å². The molecule has 2 N–H and O–H groups in total. The zero-order valence-corrected chi connectivity index (χ0v) is 22.3. The molecule has 38 heavy (non-hydrogen) atoms. The van der Waals surface area contributed by atoms with Gasteiger partial charge < -0.3 is 20.3 Å². The number of nitrogens with one attached hydrogen (secondary N) is 2. The van der Waals surface area contributed by atoms with E-state index in [0.29, 0.717) is 40.7 Å². The van der Waals surface area contributed by atoms with Gasteiger partial charge in [-0.05, 0) is 60.4 Å². The van der Waals surface area contributed by atoms with Crippen LogP contribution in [0.2, 0.25) is 5.02 Å². The number of carbonyl (C=O) groups excluding carboxylic acids is 3. The van der Waals surface area contributed by atoms with Gasteiger partial charge in [0.05, 0.1) is 23.1 Å². The molecule has 3 amide bonds. The lowest BCUT2D eigenvalue weighted by molar-refractivity contribution is -0.128. The number of ether oxygens (including phenoxy) is 1. The van der Waals surface area contributed by atoms with E-state index in [1.165, 1.54) is 0 Å². The third-order valence-corrected chi connectivity index (χ3v) is 8.13. The van der Waals surface area contributed by atoms with Crippen molar-refractivity contribution < 1.29 is 19.1 Å². The maximum atomic E-state index is 13.0. The number of benzene rings is 3. The maximum Gasteiger partial charge on any atom is 0.255 e. The van der Waals surface area contributed by atoms with Gasteiger partial charge in [-0.3, -0.25) is 14.4 Å². The average Bonchev–Trinajstić information content (AvgIpc) is 3.59. The van der Waals surface area contributed by atoms with Crippen LogP contribution >= 0.6 is 23.4 Å². The molecule has 2 heterocycles. The summed E-state index contributed by atoms with van der Waals surface area (Å²) in [6.45, 7) is 1.66. The van der Waals surface area contributed by atoms with Gasteiger partial charge in [-0.15, -0.1) is 11.8 Å². The van der Waals surface area contributed by atoms with Crippen molar-refractivity contribution in [3.63, 3.8) is 0 Å². The van der Waals surface area contributed by atoms with E-state index in [1.807, 2.05) is 41.3 Å². The summed E-state index contributed by atoms with van der Waals surface area (Å²) in [4.78, 5) is 40.2. The lowest BCUT2D eigenvalue weighted by Crippen LogP contribution is -2.32. The van der Waals surface area contributed by atoms with Crippen molar-refractivity contribution in [1.29, 1.82) is 0 Å². The van der Waals surface area contributed by atoms with Gasteiger partial charge >= 0.3 is 0 Å². The molecule has 0 bridgehead atoms. The molecule has 2 aliphatic heterocycles. The van der Waals surface area contributed by atoms with Crippen molar-refractivity contribution in [2.75, 3.05) is 24.2 Å². The zero-order chi connectivity index (χ0) is 26.5. The van der Waals surface area contributed by atoms with Crippen LogP contribution in [0.1, 0.15) is 50.1 Å². The Morgan fingerprint density at radius 3 is 2.50 bits per heavy atom. The van der Waals surface area contributed by atoms with Crippen molar-refractivity contribution in [3.8, 4) is 0 Å². The number of amides is 3. The third-order valence-electron chi connectivity index (χ3n) is 6.63. The van der Waals surface area contributed by atoms with Crippen LogP contribution in [0, 0.1) is 0 Å². The molecule has 9 heteroatoms. The maximum absolute atomic E-state index is 13.0. The second-order valence-corrected chi connectivity index (χ2v) is 10.8. The van der Waals surface area contributed by atoms with Crippen LogP contribution in [-0.4, -0.2) is 47.6 Å². The molecule has 2 saturated heterocycles. The van der Waals surface area contributed by atoms with Gasteiger partial charge in [0.2, 0.25) is 5.91 Å². The van der Waals surface area contributed by atoms with E-state index in [4.69, 9.17) is 16.3 Å². The minimum atomic E-state index is -0.316. The molecule has 2 fully saturated rings. The number of halogens is 1. The summed E-state index contributed by atoms with van der Waals surface area (Å²) in [6.07, 6.45) is 1.97. The van der Waals surface area contributed by atoms with Crippen LogP contribution in [0.3, 0.4) is 0 Å². The second-order valence-electron chi connectivity index (χ2n) is 9.28. The fourth-order valence-corrected chi connectivity index (χ4v) is 5.89. The first-order valence-corrected chi connectivity index (χ1v) is 14.0. The summed E-state index contributed by atoms with van der Waals surface area (Å²) < 4.78 is 5.57. The minimum absolute atomic E-state index is 0.0367. The van der Waals surface area contributed by atoms with E-state index in [9.17, 15) is 14.4 Å². The molecular formula is C29H28ClN3O4S. The first kappa shape index (κ1) is 26.3. The van der Waals surface area contributed by atoms with Crippen molar-refractivity contribution in [2.45, 2.75) is 30.9 Å². The molecule has 2 aliphatic rings. The Balaban J connectivity index is 1.24. The number of hydrogen-bond acceptors (Lipinski definition) is 5. The largest absolute Gasteiger partial charge is 0.376 e. The highest BCUT2D eigenvalue weighted by Gasteiger charge is 2.32. The average molecular weight is 550 g/mol. The first-order valence-electron chi connectivity index (χ1n) is 12.5. The molecule has 0 saturated carbocycles.